The van der Waals surface area contributed by atoms with Crippen molar-refractivity contribution >= 4 is 34.4 Å². The van der Waals surface area contributed by atoms with Crippen LogP contribution in [0.5, 0.6) is 0 Å². The number of nitrogens with two attached hydrogens (primary N) is 1. The predicted octanol–water partition coefficient (Wildman–Crippen LogP) is 1.95. The monoisotopic (exact) mass is 476 g/mol. The molecule has 0 saturated carbocycles. The molecule has 3 fully saturated rings. The normalized spacial score (nSPS) is 27.1. The summed E-state index contributed by atoms with van der Waals surface area (Å²) in [5.41, 5.74) is 5.35. The maximum Gasteiger partial charge on any atom is 0.245 e. The number of hydrogen-bond acceptors (Lipinski definition) is 4. The fourth-order valence-corrected chi connectivity index (χ4v) is 6.71. The third-order valence-corrected chi connectivity index (χ3v) is 7.93. The Hall–Kier alpha value is -3.42. The summed E-state index contributed by atoms with van der Waals surface area (Å²) < 4.78 is 0. The van der Waals surface area contributed by atoms with E-state index in [0.29, 0.717) is 19.3 Å². The largest absolute Gasteiger partial charge is 0.368 e. The molecular weight excluding hydrogens is 444 g/mol. The van der Waals surface area contributed by atoms with Crippen LogP contribution in [0.1, 0.15) is 45.1 Å². The van der Waals surface area contributed by atoms with E-state index in [2.05, 4.69) is 5.32 Å². The number of primary amides is 1. The van der Waals surface area contributed by atoms with Gasteiger partial charge in [-0.1, -0.05) is 56.3 Å². The van der Waals surface area contributed by atoms with Crippen molar-refractivity contribution in [3.63, 3.8) is 0 Å². The van der Waals surface area contributed by atoms with E-state index in [0.717, 1.165) is 22.8 Å². The van der Waals surface area contributed by atoms with Crippen molar-refractivity contribution in [1.29, 1.82) is 0 Å². The van der Waals surface area contributed by atoms with E-state index in [4.69, 9.17) is 5.73 Å². The van der Waals surface area contributed by atoms with Gasteiger partial charge in [0.25, 0.3) is 0 Å². The molecule has 8 nitrogen and oxygen atoms in total. The van der Waals surface area contributed by atoms with Gasteiger partial charge in [-0.2, -0.15) is 0 Å². The summed E-state index contributed by atoms with van der Waals surface area (Å²) in [6.45, 7) is 3.93. The molecule has 2 bridgehead atoms. The van der Waals surface area contributed by atoms with Gasteiger partial charge in [0.05, 0.1) is 18.0 Å². The number of fused-ring (bicyclic) bond motifs is 2. The highest BCUT2D eigenvalue weighted by Crippen LogP contribution is 2.58. The molecule has 3 heterocycles. The maximum absolute atomic E-state index is 13.9. The summed E-state index contributed by atoms with van der Waals surface area (Å²) >= 11 is 0. The van der Waals surface area contributed by atoms with Crippen molar-refractivity contribution in [2.45, 2.75) is 63.7 Å². The van der Waals surface area contributed by atoms with Crippen molar-refractivity contribution < 1.29 is 19.2 Å². The maximum atomic E-state index is 13.9. The third-order valence-electron chi connectivity index (χ3n) is 7.93. The van der Waals surface area contributed by atoms with Crippen LogP contribution in [0, 0.1) is 11.8 Å². The average molecular weight is 477 g/mol. The molecule has 2 aromatic carbocycles. The van der Waals surface area contributed by atoms with E-state index in [-0.39, 0.29) is 36.9 Å². The van der Waals surface area contributed by atoms with Crippen LogP contribution in [0.15, 0.2) is 42.5 Å². The van der Waals surface area contributed by atoms with E-state index in [1.54, 1.807) is 4.90 Å². The standard InChI is InChI=1S/C27H32N4O4/c1-16(2)12-23(33)31-19-10-11-27(31)21(13-19)26(35)30(24(27)25(34)29-14-22(28)32)15-18-8-5-7-17-6-3-4-9-20(17)18/h3-9,16,19,21,24H,10-15H2,1-2H3,(H2,28,32)(H,29,34)/t19?,21-,24+,27?/m1/s1. The lowest BCUT2D eigenvalue weighted by atomic mass is 9.75. The van der Waals surface area contributed by atoms with Crippen molar-refractivity contribution in [2.24, 2.45) is 17.6 Å². The number of amides is 4. The minimum absolute atomic E-state index is 0.00230. The van der Waals surface area contributed by atoms with Crippen LogP contribution in [-0.4, -0.2) is 57.6 Å². The lowest BCUT2D eigenvalue weighted by Crippen LogP contribution is -2.61. The molecule has 3 aliphatic rings. The lowest BCUT2D eigenvalue weighted by Gasteiger charge is -2.40. The Bertz CT molecular complexity index is 1210. The summed E-state index contributed by atoms with van der Waals surface area (Å²) in [6, 6.07) is 13.0. The van der Waals surface area contributed by atoms with Crippen LogP contribution in [0.25, 0.3) is 10.8 Å². The van der Waals surface area contributed by atoms with E-state index >= 15 is 0 Å². The van der Waals surface area contributed by atoms with Crippen molar-refractivity contribution in [3.8, 4) is 0 Å². The Morgan fingerprint density at radius 3 is 2.63 bits per heavy atom. The molecule has 4 amide bonds. The van der Waals surface area contributed by atoms with Gasteiger partial charge in [0.15, 0.2) is 0 Å². The van der Waals surface area contributed by atoms with Crippen molar-refractivity contribution in [3.05, 3.63) is 48.0 Å². The van der Waals surface area contributed by atoms with E-state index in [1.165, 1.54) is 0 Å². The first-order valence-corrected chi connectivity index (χ1v) is 12.4. The summed E-state index contributed by atoms with van der Waals surface area (Å²) in [5.74, 6) is -1.43. The molecule has 0 radical (unpaired) electrons. The van der Waals surface area contributed by atoms with Gasteiger partial charge in [0, 0.05) is 19.0 Å². The summed E-state index contributed by atoms with van der Waals surface area (Å²) in [5, 5.41) is 4.72. The minimum Gasteiger partial charge on any atom is -0.368 e. The number of likely N-dealkylation sites (tertiary alicyclic amines) is 1. The third kappa shape index (κ3) is 3.66. The number of benzene rings is 2. The van der Waals surface area contributed by atoms with Gasteiger partial charge in [0.1, 0.15) is 6.04 Å². The fraction of sp³-hybridized carbons (Fsp3) is 0.481. The first-order chi connectivity index (χ1) is 16.7. The molecule has 4 atom stereocenters. The minimum atomic E-state index is -0.889. The van der Waals surface area contributed by atoms with E-state index in [1.807, 2.05) is 61.2 Å². The first-order valence-electron chi connectivity index (χ1n) is 12.4. The first kappa shape index (κ1) is 23.3. The summed E-state index contributed by atoms with van der Waals surface area (Å²) in [7, 11) is 0. The zero-order valence-electron chi connectivity index (χ0n) is 20.2. The second-order valence-electron chi connectivity index (χ2n) is 10.5. The molecule has 8 heteroatoms. The van der Waals surface area contributed by atoms with Crippen LogP contribution in [0.4, 0.5) is 0 Å². The molecule has 0 aliphatic carbocycles. The topological polar surface area (TPSA) is 113 Å². The number of nitrogens with one attached hydrogen (secondary N) is 1. The molecule has 1 spiro atoms. The highest BCUT2D eigenvalue weighted by molar-refractivity contribution is 5.99. The van der Waals surface area contributed by atoms with Gasteiger partial charge in [-0.15, -0.1) is 0 Å². The summed E-state index contributed by atoms with van der Waals surface area (Å²) in [6.07, 6.45) is 2.32. The molecular formula is C27H32N4O4. The average Bonchev–Trinajstić information content (AvgIpc) is 3.42. The van der Waals surface area contributed by atoms with E-state index in [9.17, 15) is 19.2 Å². The Morgan fingerprint density at radius 1 is 1.14 bits per heavy atom. The van der Waals surface area contributed by atoms with Crippen molar-refractivity contribution in [2.75, 3.05) is 6.54 Å². The van der Waals surface area contributed by atoms with Crippen molar-refractivity contribution in [1.82, 2.24) is 15.1 Å². The highest BCUT2D eigenvalue weighted by atomic mass is 16.2. The molecule has 5 rings (SSSR count). The van der Waals surface area contributed by atoms with Gasteiger partial charge >= 0.3 is 0 Å². The van der Waals surface area contributed by atoms with Gasteiger partial charge < -0.3 is 20.9 Å². The van der Waals surface area contributed by atoms with Crippen LogP contribution in [0.2, 0.25) is 0 Å². The zero-order chi connectivity index (χ0) is 24.9. The van der Waals surface area contributed by atoms with Crippen LogP contribution >= 0.6 is 0 Å². The lowest BCUT2D eigenvalue weighted by molar-refractivity contribution is -0.143. The zero-order valence-corrected chi connectivity index (χ0v) is 20.2. The SMILES string of the molecule is CC(C)CC(=O)N1C2CCC13[C@H](C2)C(=O)N(Cc1cccc2ccccc12)[C@H]3C(=O)NCC(N)=O. The number of rotatable bonds is 7. The summed E-state index contributed by atoms with van der Waals surface area (Å²) in [4.78, 5) is 55.9. The number of carbonyl (C=O) groups is 4. The van der Waals surface area contributed by atoms with Gasteiger partial charge in [-0.25, -0.2) is 0 Å². The molecule has 3 aliphatic heterocycles. The molecule has 3 saturated heterocycles. The number of hydrogen-bond donors (Lipinski definition) is 2. The fourth-order valence-electron chi connectivity index (χ4n) is 6.71. The Kier molecular flexibility index (Phi) is 5.77. The Morgan fingerprint density at radius 2 is 1.89 bits per heavy atom. The second kappa shape index (κ2) is 8.66. The van der Waals surface area contributed by atoms with Crippen LogP contribution < -0.4 is 11.1 Å². The smallest absolute Gasteiger partial charge is 0.245 e. The Balaban J connectivity index is 1.57. The highest BCUT2D eigenvalue weighted by Gasteiger charge is 2.72. The molecule has 184 valence electrons. The van der Waals surface area contributed by atoms with Gasteiger partial charge in [-0.05, 0) is 41.5 Å². The number of carbonyl (C=O) groups excluding carboxylic acids is 4. The van der Waals surface area contributed by atoms with Crippen LogP contribution in [0.3, 0.4) is 0 Å². The molecule has 3 N–H and O–H groups in total. The predicted molar refractivity (Wildman–Crippen MR) is 131 cm³/mol. The van der Waals surface area contributed by atoms with Crippen LogP contribution in [-0.2, 0) is 25.7 Å². The molecule has 0 aromatic heterocycles. The van der Waals surface area contributed by atoms with E-state index < -0.39 is 29.3 Å². The van der Waals surface area contributed by atoms with Gasteiger partial charge in [0.2, 0.25) is 23.6 Å². The molecule has 35 heavy (non-hydrogen) atoms. The second-order valence-corrected chi connectivity index (χ2v) is 10.5. The molecule has 2 aromatic rings. The van der Waals surface area contributed by atoms with Gasteiger partial charge in [-0.3, -0.25) is 19.2 Å². The number of nitrogens with zero attached hydrogens (tertiary/aromatic N) is 2. The molecule has 2 unspecified atom stereocenters. The quantitative estimate of drug-likeness (QED) is 0.636. The Labute approximate surface area is 204 Å².